The first-order chi connectivity index (χ1) is 8.16. The number of carboxylic acid groups (broad SMARTS) is 1. The third-order valence-electron chi connectivity index (χ3n) is 2.21. The minimum Gasteiger partial charge on any atom is -0.481 e. The van der Waals surface area contributed by atoms with Gasteiger partial charge in [-0.3, -0.25) is 4.79 Å². The average Bonchev–Trinajstić information content (AvgIpc) is 2.29. The van der Waals surface area contributed by atoms with Gasteiger partial charge in [-0.1, -0.05) is 29.8 Å². The van der Waals surface area contributed by atoms with Gasteiger partial charge in [0.25, 0.3) is 0 Å². The molecular weight excluding hydrogens is 240 g/mol. The van der Waals surface area contributed by atoms with Crippen LogP contribution in [0.2, 0.25) is 5.15 Å². The number of hydrogen-bond acceptors (Lipinski definition) is 3. The summed E-state index contributed by atoms with van der Waals surface area (Å²) in [7, 11) is 0. The number of halogens is 1. The predicted octanol–water partition coefficient (Wildman–Crippen LogP) is 2.77. The van der Waals surface area contributed by atoms with Gasteiger partial charge in [-0.05, 0) is 17.7 Å². The van der Waals surface area contributed by atoms with Gasteiger partial charge in [0.2, 0.25) is 0 Å². The molecule has 1 heterocycles. The summed E-state index contributed by atoms with van der Waals surface area (Å²) in [5, 5.41) is 9.71. The first-order valence-electron chi connectivity index (χ1n) is 4.95. The number of carbonyl (C=O) groups is 1. The molecule has 0 bridgehead atoms. The highest BCUT2D eigenvalue weighted by Gasteiger charge is 2.00. The molecule has 0 spiro atoms. The quantitative estimate of drug-likeness (QED) is 0.849. The highest BCUT2D eigenvalue weighted by molar-refractivity contribution is 6.34. The molecule has 0 radical (unpaired) electrons. The normalized spacial score (nSPS) is 11.1. The molecule has 1 aromatic carbocycles. The van der Waals surface area contributed by atoms with E-state index in [0.29, 0.717) is 5.15 Å². The summed E-state index contributed by atoms with van der Waals surface area (Å²) in [5.74, 6) is -0.854. The van der Waals surface area contributed by atoms with Crippen molar-refractivity contribution in [3.05, 3.63) is 41.3 Å². The standard InChI is InChI=1S/C12H9ClN2O2/c13-12-9-5-4-8(2-1-3-11(16)17)6-10(9)14-7-15-12/h1-2,4-7H,3H2,(H,16,17). The molecule has 0 amide bonds. The molecule has 2 aromatic rings. The van der Waals surface area contributed by atoms with Crippen LogP contribution in [0.1, 0.15) is 12.0 Å². The van der Waals surface area contributed by atoms with Crippen LogP contribution in [0.3, 0.4) is 0 Å². The molecule has 0 unspecified atom stereocenters. The van der Waals surface area contributed by atoms with E-state index in [1.165, 1.54) is 6.33 Å². The van der Waals surface area contributed by atoms with Crippen molar-refractivity contribution in [1.29, 1.82) is 0 Å². The average molecular weight is 249 g/mol. The molecule has 4 nitrogen and oxygen atoms in total. The number of benzene rings is 1. The van der Waals surface area contributed by atoms with Gasteiger partial charge in [0.05, 0.1) is 11.9 Å². The molecule has 0 saturated carbocycles. The Balaban J connectivity index is 2.32. The lowest BCUT2D eigenvalue weighted by molar-refractivity contribution is -0.135. The van der Waals surface area contributed by atoms with E-state index in [1.807, 2.05) is 18.2 Å². The zero-order valence-electron chi connectivity index (χ0n) is 8.80. The van der Waals surface area contributed by atoms with Crippen LogP contribution in [-0.2, 0) is 4.79 Å². The maximum absolute atomic E-state index is 10.4. The van der Waals surface area contributed by atoms with Crippen LogP contribution in [0.25, 0.3) is 17.0 Å². The van der Waals surface area contributed by atoms with E-state index < -0.39 is 5.97 Å². The third kappa shape index (κ3) is 2.79. The summed E-state index contributed by atoms with van der Waals surface area (Å²) in [6, 6.07) is 5.50. The molecule has 0 aliphatic heterocycles. The van der Waals surface area contributed by atoms with Gasteiger partial charge in [0, 0.05) is 5.39 Å². The Labute approximate surface area is 103 Å². The lowest BCUT2D eigenvalue weighted by atomic mass is 10.1. The Morgan fingerprint density at radius 1 is 1.41 bits per heavy atom. The van der Waals surface area contributed by atoms with Gasteiger partial charge in [-0.15, -0.1) is 0 Å². The molecule has 2 rings (SSSR count). The molecule has 17 heavy (non-hydrogen) atoms. The number of aliphatic carboxylic acids is 1. The molecular formula is C12H9ClN2O2. The largest absolute Gasteiger partial charge is 0.481 e. The van der Waals surface area contributed by atoms with Crippen LogP contribution in [0.4, 0.5) is 0 Å². The summed E-state index contributed by atoms with van der Waals surface area (Å²) in [6.45, 7) is 0. The highest BCUT2D eigenvalue weighted by Crippen LogP contribution is 2.20. The third-order valence-corrected chi connectivity index (χ3v) is 2.52. The van der Waals surface area contributed by atoms with E-state index in [1.54, 1.807) is 12.2 Å². The van der Waals surface area contributed by atoms with Crippen LogP contribution < -0.4 is 0 Å². The lowest BCUT2D eigenvalue weighted by Crippen LogP contribution is -1.89. The summed E-state index contributed by atoms with van der Waals surface area (Å²) < 4.78 is 0. The predicted molar refractivity (Wildman–Crippen MR) is 65.8 cm³/mol. The first-order valence-corrected chi connectivity index (χ1v) is 5.33. The second-order valence-corrected chi connectivity index (χ2v) is 3.80. The van der Waals surface area contributed by atoms with Gasteiger partial charge in [0.15, 0.2) is 0 Å². The Kier molecular flexibility index (Phi) is 3.35. The minimum absolute atomic E-state index is 0.00255. The maximum Gasteiger partial charge on any atom is 0.307 e. The summed E-state index contributed by atoms with van der Waals surface area (Å²) in [4.78, 5) is 18.3. The van der Waals surface area contributed by atoms with Crippen LogP contribution in [0.5, 0.6) is 0 Å². The molecule has 0 fully saturated rings. The van der Waals surface area contributed by atoms with Crippen molar-refractivity contribution >= 4 is 34.5 Å². The van der Waals surface area contributed by atoms with Gasteiger partial charge in [-0.2, -0.15) is 0 Å². The fourth-order valence-corrected chi connectivity index (χ4v) is 1.64. The Morgan fingerprint density at radius 3 is 3.00 bits per heavy atom. The van der Waals surface area contributed by atoms with Crippen molar-refractivity contribution < 1.29 is 9.90 Å². The van der Waals surface area contributed by atoms with Gasteiger partial charge in [0.1, 0.15) is 11.5 Å². The molecule has 0 atom stereocenters. The summed E-state index contributed by atoms with van der Waals surface area (Å²) in [5.41, 5.74) is 1.62. The Hall–Kier alpha value is -1.94. The van der Waals surface area contributed by atoms with E-state index in [4.69, 9.17) is 16.7 Å². The Morgan fingerprint density at radius 2 is 2.24 bits per heavy atom. The van der Waals surface area contributed by atoms with Crippen LogP contribution in [0.15, 0.2) is 30.6 Å². The van der Waals surface area contributed by atoms with Crippen LogP contribution >= 0.6 is 11.6 Å². The molecule has 1 N–H and O–H groups in total. The van der Waals surface area contributed by atoms with Crippen molar-refractivity contribution in [2.45, 2.75) is 6.42 Å². The summed E-state index contributed by atoms with van der Waals surface area (Å²) >= 11 is 5.91. The summed E-state index contributed by atoms with van der Waals surface area (Å²) in [6.07, 6.45) is 4.73. The number of nitrogens with zero attached hydrogens (tertiary/aromatic N) is 2. The molecule has 0 aliphatic carbocycles. The van der Waals surface area contributed by atoms with Crippen molar-refractivity contribution in [1.82, 2.24) is 9.97 Å². The Bertz CT molecular complexity index is 596. The molecule has 0 saturated heterocycles. The molecule has 86 valence electrons. The van der Waals surface area contributed by atoms with Gasteiger partial charge in [-0.25, -0.2) is 9.97 Å². The van der Waals surface area contributed by atoms with Crippen LogP contribution in [0, 0.1) is 0 Å². The topological polar surface area (TPSA) is 63.1 Å². The SMILES string of the molecule is O=C(O)CC=Cc1ccc2c(Cl)ncnc2c1. The fourth-order valence-electron chi connectivity index (χ4n) is 1.44. The zero-order chi connectivity index (χ0) is 12.3. The number of hydrogen-bond donors (Lipinski definition) is 1. The maximum atomic E-state index is 10.4. The van der Waals surface area contributed by atoms with Crippen molar-refractivity contribution in [2.75, 3.05) is 0 Å². The van der Waals surface area contributed by atoms with Crippen molar-refractivity contribution in [3.63, 3.8) is 0 Å². The van der Waals surface area contributed by atoms with Crippen molar-refractivity contribution in [3.8, 4) is 0 Å². The minimum atomic E-state index is -0.854. The van der Waals surface area contributed by atoms with Crippen LogP contribution in [-0.4, -0.2) is 21.0 Å². The molecule has 0 aliphatic rings. The monoisotopic (exact) mass is 248 g/mol. The molecule has 5 heteroatoms. The van der Waals surface area contributed by atoms with E-state index in [0.717, 1.165) is 16.5 Å². The number of rotatable bonds is 3. The van der Waals surface area contributed by atoms with Crippen molar-refractivity contribution in [2.24, 2.45) is 0 Å². The second-order valence-electron chi connectivity index (χ2n) is 3.44. The second kappa shape index (κ2) is 4.93. The number of aromatic nitrogens is 2. The molecule has 1 aromatic heterocycles. The van der Waals surface area contributed by atoms with E-state index in [-0.39, 0.29) is 6.42 Å². The number of carboxylic acids is 1. The van der Waals surface area contributed by atoms with E-state index in [2.05, 4.69) is 9.97 Å². The van der Waals surface area contributed by atoms with Gasteiger partial charge >= 0.3 is 5.97 Å². The van der Waals surface area contributed by atoms with E-state index >= 15 is 0 Å². The number of fused-ring (bicyclic) bond motifs is 1. The first kappa shape index (κ1) is 11.5. The zero-order valence-corrected chi connectivity index (χ0v) is 9.55. The lowest BCUT2D eigenvalue weighted by Gasteiger charge is -1.99. The van der Waals surface area contributed by atoms with Gasteiger partial charge < -0.3 is 5.11 Å². The highest BCUT2D eigenvalue weighted by atomic mass is 35.5. The fraction of sp³-hybridized carbons (Fsp3) is 0.0833. The smallest absolute Gasteiger partial charge is 0.307 e. The van der Waals surface area contributed by atoms with E-state index in [9.17, 15) is 4.79 Å².